The molecule has 1 saturated carbocycles. The predicted octanol–water partition coefficient (Wildman–Crippen LogP) is 7.32. The summed E-state index contributed by atoms with van der Waals surface area (Å²) in [7, 11) is 2.12. The summed E-state index contributed by atoms with van der Waals surface area (Å²) in [6.45, 7) is 5.65. The van der Waals surface area contributed by atoms with Crippen LogP contribution >= 0.6 is 23.2 Å². The highest BCUT2D eigenvalue weighted by atomic mass is 35.5. The van der Waals surface area contributed by atoms with Crippen LogP contribution in [0.15, 0.2) is 30.3 Å². The SMILES string of the molecule is C[C@H](Oc1nc2c(F)c(-c3cccc(Cl)c3Cl)c(CCC#N)cc2c2c1cc(CCC(=O)N1CCC1)n2[C@@H]1C2C[C@@H]1CN2)[C@@H]1CCCN1C. The zero-order valence-corrected chi connectivity index (χ0v) is 29.5. The van der Waals surface area contributed by atoms with Gasteiger partial charge in [0.2, 0.25) is 11.8 Å². The molecule has 2 bridgehead atoms. The fourth-order valence-corrected chi connectivity index (χ4v) is 9.14. The maximum atomic E-state index is 17.4. The van der Waals surface area contributed by atoms with Crippen LogP contribution in [-0.2, 0) is 17.6 Å². The number of aryl methyl sites for hydroxylation is 2. The fraction of sp³-hybridized carbons (Fsp3) is 0.500. The molecule has 49 heavy (non-hydrogen) atoms. The lowest BCUT2D eigenvalue weighted by Crippen LogP contribution is -2.42. The van der Waals surface area contributed by atoms with Crippen LogP contribution in [0.25, 0.3) is 32.9 Å². The molecular formula is C38H41Cl2FN6O2. The van der Waals surface area contributed by atoms with E-state index in [-0.39, 0.29) is 41.1 Å². The van der Waals surface area contributed by atoms with E-state index in [4.69, 9.17) is 32.9 Å². The smallest absolute Gasteiger partial charge is 0.223 e. The Morgan fingerprint density at radius 3 is 2.69 bits per heavy atom. The summed E-state index contributed by atoms with van der Waals surface area (Å²) in [5, 5.41) is 15.3. The molecular weight excluding hydrogens is 662 g/mol. The quantitative estimate of drug-likeness (QED) is 0.186. The number of nitrogens with one attached hydrogen (secondary N) is 1. The van der Waals surface area contributed by atoms with Gasteiger partial charge in [-0.2, -0.15) is 5.26 Å². The third-order valence-electron chi connectivity index (χ3n) is 11.5. The molecule has 11 heteroatoms. The summed E-state index contributed by atoms with van der Waals surface area (Å²) in [6, 6.07) is 12.3. The minimum absolute atomic E-state index is 0.169. The van der Waals surface area contributed by atoms with E-state index in [2.05, 4.69) is 40.9 Å². The minimum Gasteiger partial charge on any atom is -0.472 e. The Labute approximate surface area is 296 Å². The molecule has 9 rings (SSSR count). The summed E-state index contributed by atoms with van der Waals surface area (Å²) in [5.74, 6) is 0.499. The number of amides is 1. The first-order chi connectivity index (χ1) is 23.7. The normalized spacial score (nSPS) is 23.9. The highest BCUT2D eigenvalue weighted by Crippen LogP contribution is 2.49. The van der Waals surface area contributed by atoms with Crippen LogP contribution in [0.2, 0.25) is 10.0 Å². The van der Waals surface area contributed by atoms with Crippen LogP contribution in [0, 0.1) is 23.1 Å². The molecule has 1 N–H and O–H groups in total. The largest absolute Gasteiger partial charge is 0.472 e. The number of rotatable bonds is 10. The maximum absolute atomic E-state index is 17.4. The van der Waals surface area contributed by atoms with Gasteiger partial charge in [-0.1, -0.05) is 35.3 Å². The summed E-state index contributed by atoms with van der Waals surface area (Å²) >= 11 is 13.2. The Morgan fingerprint density at radius 2 is 2.02 bits per heavy atom. The number of hydrogen-bond donors (Lipinski definition) is 1. The number of benzene rings is 2. The lowest BCUT2D eigenvalue weighted by Gasteiger charge is -2.38. The van der Waals surface area contributed by atoms with Gasteiger partial charge in [-0.25, -0.2) is 9.37 Å². The van der Waals surface area contributed by atoms with Crippen molar-refractivity contribution >= 4 is 50.9 Å². The molecule has 1 amide bonds. The number of fused-ring (bicyclic) bond motifs is 4. The van der Waals surface area contributed by atoms with Crippen LogP contribution in [0.5, 0.6) is 5.88 Å². The van der Waals surface area contributed by atoms with Crippen LogP contribution in [0.3, 0.4) is 0 Å². The Kier molecular flexibility index (Phi) is 8.72. The summed E-state index contributed by atoms with van der Waals surface area (Å²) in [5.41, 5.74) is 3.56. The third kappa shape index (κ3) is 5.56. The van der Waals surface area contributed by atoms with E-state index in [1.54, 1.807) is 18.2 Å². The van der Waals surface area contributed by atoms with Crippen LogP contribution in [0.4, 0.5) is 4.39 Å². The van der Waals surface area contributed by atoms with Gasteiger partial charge in [0, 0.05) is 66.8 Å². The molecule has 0 radical (unpaired) electrons. The molecule has 2 aromatic heterocycles. The van der Waals surface area contributed by atoms with Gasteiger partial charge < -0.3 is 19.5 Å². The summed E-state index contributed by atoms with van der Waals surface area (Å²) < 4.78 is 26.5. The van der Waals surface area contributed by atoms with E-state index in [9.17, 15) is 10.1 Å². The number of hydrogen-bond acceptors (Lipinski definition) is 6. The molecule has 5 aliphatic rings. The zero-order valence-electron chi connectivity index (χ0n) is 27.9. The van der Waals surface area contributed by atoms with Gasteiger partial charge >= 0.3 is 0 Å². The second-order valence-corrected chi connectivity index (χ2v) is 15.1. The predicted molar refractivity (Wildman–Crippen MR) is 191 cm³/mol. The number of halogens is 3. The van der Waals surface area contributed by atoms with Crippen LogP contribution < -0.4 is 10.1 Å². The average Bonchev–Trinajstić information content (AvgIpc) is 3.86. The maximum Gasteiger partial charge on any atom is 0.223 e. The molecule has 0 spiro atoms. The van der Waals surface area contributed by atoms with Crippen molar-refractivity contribution in [2.24, 2.45) is 5.92 Å². The third-order valence-corrected chi connectivity index (χ3v) is 12.3. The Balaban J connectivity index is 1.37. The molecule has 6 heterocycles. The van der Waals surface area contributed by atoms with Crippen LogP contribution in [0.1, 0.15) is 62.7 Å². The van der Waals surface area contributed by atoms with Crippen molar-refractivity contribution in [2.45, 2.75) is 82.5 Å². The van der Waals surface area contributed by atoms with E-state index >= 15 is 4.39 Å². The Morgan fingerprint density at radius 1 is 1.18 bits per heavy atom. The van der Waals surface area contributed by atoms with E-state index in [0.29, 0.717) is 64.2 Å². The van der Waals surface area contributed by atoms with Crippen molar-refractivity contribution in [1.82, 2.24) is 24.7 Å². The van der Waals surface area contributed by atoms with E-state index in [1.807, 2.05) is 11.0 Å². The molecule has 4 aliphatic heterocycles. The summed E-state index contributed by atoms with van der Waals surface area (Å²) in [6.07, 6.45) is 5.61. The van der Waals surface area contributed by atoms with Gasteiger partial charge in [-0.05, 0) is 88.7 Å². The number of pyridine rings is 1. The number of nitrogens with zero attached hydrogens (tertiary/aromatic N) is 5. The van der Waals surface area contributed by atoms with E-state index in [1.165, 1.54) is 0 Å². The van der Waals surface area contributed by atoms with E-state index in [0.717, 1.165) is 68.5 Å². The van der Waals surface area contributed by atoms with Crippen molar-refractivity contribution in [3.8, 4) is 23.1 Å². The second-order valence-electron chi connectivity index (χ2n) is 14.3. The van der Waals surface area contributed by atoms with E-state index < -0.39 is 5.82 Å². The Hall–Kier alpha value is -3.42. The number of likely N-dealkylation sites (tertiary alicyclic amines) is 2. The zero-order chi connectivity index (χ0) is 34.0. The first-order valence-electron chi connectivity index (χ1n) is 17.6. The van der Waals surface area contributed by atoms with Crippen LogP contribution in [-0.4, -0.2) is 76.7 Å². The highest BCUT2D eigenvalue weighted by Gasteiger charge is 2.49. The number of aromatic nitrogens is 2. The van der Waals surface area contributed by atoms with Crippen molar-refractivity contribution < 1.29 is 13.9 Å². The van der Waals surface area contributed by atoms with Gasteiger partial charge in [0.1, 0.15) is 11.6 Å². The van der Waals surface area contributed by atoms with Gasteiger partial charge in [0.05, 0.1) is 33.1 Å². The first kappa shape index (κ1) is 32.8. The number of likely N-dealkylation sites (N-methyl/N-ethyl adjacent to an activating group) is 1. The first-order valence-corrected chi connectivity index (χ1v) is 18.4. The molecule has 5 atom stereocenters. The second kappa shape index (κ2) is 13.0. The number of nitriles is 1. The van der Waals surface area contributed by atoms with Crippen molar-refractivity contribution in [1.29, 1.82) is 5.26 Å². The number of ether oxygens (including phenoxy) is 1. The lowest BCUT2D eigenvalue weighted by molar-refractivity contribution is -0.134. The molecule has 4 aromatic rings. The molecule has 256 valence electrons. The number of carbonyl (C=O) groups is 1. The van der Waals surface area contributed by atoms with Gasteiger partial charge in [0.25, 0.3) is 0 Å². The molecule has 2 aromatic carbocycles. The van der Waals surface area contributed by atoms with Gasteiger partial charge in [0.15, 0.2) is 5.82 Å². The summed E-state index contributed by atoms with van der Waals surface area (Å²) in [4.78, 5) is 22.3. The molecule has 1 unspecified atom stereocenters. The van der Waals surface area contributed by atoms with Crippen molar-refractivity contribution in [3.05, 3.63) is 57.5 Å². The molecule has 4 saturated heterocycles. The topological polar surface area (TPSA) is 86.4 Å². The molecule has 1 aliphatic carbocycles. The molecule has 8 nitrogen and oxygen atoms in total. The fourth-order valence-electron chi connectivity index (χ4n) is 8.74. The highest BCUT2D eigenvalue weighted by molar-refractivity contribution is 6.43. The van der Waals surface area contributed by atoms with Gasteiger partial charge in [-0.3, -0.25) is 9.69 Å². The average molecular weight is 704 g/mol. The van der Waals surface area contributed by atoms with Gasteiger partial charge in [-0.15, -0.1) is 0 Å². The number of carbonyl (C=O) groups excluding carboxylic acids is 1. The standard InChI is InChI=1S/C38H41Cl2FN6O2/c1-21(30-10-5-14-45(30)2)49-38-27-19-24(11-12-31(48)46-15-6-16-46)47(36-23-18-29(36)43-20-23)37(27)26-17-22(7-4-13-42)32(34(41)35(26)44-38)25-8-3-9-28(39)33(25)40/h3,8-9,17,19,21,23,29-30,36,43H,4-7,10-12,14-16,18,20H2,1-2H3/t21-,23+,29?,30-,36-/m0/s1. The van der Waals surface area contributed by atoms with Crippen molar-refractivity contribution in [3.63, 3.8) is 0 Å². The van der Waals surface area contributed by atoms with Crippen molar-refractivity contribution in [2.75, 3.05) is 33.2 Å². The molecule has 5 fully saturated rings. The lowest BCUT2D eigenvalue weighted by atomic mass is 9.79. The Bertz CT molecular complexity index is 1990. The monoisotopic (exact) mass is 702 g/mol. The minimum atomic E-state index is -0.510.